The normalized spacial score (nSPS) is 12.0. The number of hydrogen-bond donors (Lipinski definition) is 0. The highest BCUT2D eigenvalue weighted by Crippen LogP contribution is 2.27. The van der Waals surface area contributed by atoms with Crippen molar-refractivity contribution < 1.29 is 23.5 Å². The number of benzene rings is 2. The first kappa shape index (κ1) is 18.7. The number of fused-ring (bicyclic) bond motifs is 1. The molecule has 0 fully saturated rings. The van der Waals surface area contributed by atoms with Crippen molar-refractivity contribution in [3.05, 3.63) is 65.9 Å². The molecule has 140 valence electrons. The van der Waals surface area contributed by atoms with Gasteiger partial charge in [-0.2, -0.15) is 0 Å². The molecule has 0 N–H and O–H groups in total. The van der Waals surface area contributed by atoms with E-state index in [4.69, 9.17) is 13.9 Å². The Hall–Kier alpha value is -3.12. The van der Waals surface area contributed by atoms with Crippen LogP contribution in [-0.4, -0.2) is 32.1 Å². The number of anilines is 1. The molecule has 0 saturated heterocycles. The van der Waals surface area contributed by atoms with Gasteiger partial charge in [0.25, 0.3) is 5.91 Å². The maximum Gasteiger partial charge on any atom is 0.375 e. The quantitative estimate of drug-likeness (QED) is 0.620. The minimum atomic E-state index is -0.966. The first-order valence-electron chi connectivity index (χ1n) is 8.56. The van der Waals surface area contributed by atoms with Crippen molar-refractivity contribution >= 4 is 28.5 Å². The zero-order valence-electron chi connectivity index (χ0n) is 15.5. The van der Waals surface area contributed by atoms with Gasteiger partial charge >= 0.3 is 5.97 Å². The number of amides is 1. The van der Waals surface area contributed by atoms with Crippen LogP contribution in [0.4, 0.5) is 5.69 Å². The number of para-hydroxylation sites is 2. The van der Waals surface area contributed by atoms with Gasteiger partial charge < -0.3 is 18.8 Å². The fourth-order valence-corrected chi connectivity index (χ4v) is 2.87. The molecule has 0 spiro atoms. The predicted molar refractivity (Wildman–Crippen MR) is 102 cm³/mol. The van der Waals surface area contributed by atoms with Gasteiger partial charge in [-0.1, -0.05) is 36.4 Å². The van der Waals surface area contributed by atoms with Crippen LogP contribution in [0.3, 0.4) is 0 Å². The van der Waals surface area contributed by atoms with Gasteiger partial charge in [-0.25, -0.2) is 4.79 Å². The number of hydrogen-bond acceptors (Lipinski definition) is 5. The van der Waals surface area contributed by atoms with E-state index in [2.05, 4.69) is 0 Å². The van der Waals surface area contributed by atoms with Gasteiger partial charge in [-0.15, -0.1) is 0 Å². The van der Waals surface area contributed by atoms with Crippen molar-refractivity contribution in [2.45, 2.75) is 19.6 Å². The lowest BCUT2D eigenvalue weighted by Gasteiger charge is -2.21. The fraction of sp³-hybridized carbons (Fsp3) is 0.238. The average Bonchev–Trinajstić information content (AvgIpc) is 3.06. The van der Waals surface area contributed by atoms with Gasteiger partial charge in [0.2, 0.25) is 5.76 Å². The lowest BCUT2D eigenvalue weighted by atomic mass is 10.1. The SMILES string of the molecule is COCc1c(C(=O)O[C@@H](C)C(=O)N(C)c2ccccc2)oc2ccccc12. The zero-order chi connectivity index (χ0) is 19.4. The molecular formula is C21H21NO5. The van der Waals surface area contributed by atoms with Crippen LogP contribution in [0.2, 0.25) is 0 Å². The van der Waals surface area contributed by atoms with Crippen LogP contribution in [0.15, 0.2) is 59.0 Å². The van der Waals surface area contributed by atoms with E-state index in [-0.39, 0.29) is 18.3 Å². The molecule has 27 heavy (non-hydrogen) atoms. The van der Waals surface area contributed by atoms with Crippen molar-refractivity contribution in [1.82, 2.24) is 0 Å². The van der Waals surface area contributed by atoms with Crippen molar-refractivity contribution in [2.24, 2.45) is 0 Å². The number of carbonyl (C=O) groups excluding carboxylic acids is 2. The first-order chi connectivity index (χ1) is 13.0. The van der Waals surface area contributed by atoms with Gasteiger partial charge in [0.05, 0.1) is 6.61 Å². The van der Waals surface area contributed by atoms with Gasteiger partial charge in [0.1, 0.15) is 5.58 Å². The van der Waals surface area contributed by atoms with Crippen molar-refractivity contribution in [2.75, 3.05) is 19.1 Å². The third-order valence-electron chi connectivity index (χ3n) is 4.28. The molecule has 1 heterocycles. The van der Waals surface area contributed by atoms with Crippen LogP contribution in [-0.2, 0) is 20.9 Å². The number of esters is 1. The summed E-state index contributed by atoms with van der Waals surface area (Å²) in [7, 11) is 3.18. The Morgan fingerprint density at radius 1 is 1.07 bits per heavy atom. The maximum atomic E-state index is 12.6. The van der Waals surface area contributed by atoms with E-state index in [0.717, 1.165) is 5.39 Å². The van der Waals surface area contributed by atoms with E-state index in [1.54, 1.807) is 20.0 Å². The molecule has 0 aliphatic heterocycles. The molecule has 1 amide bonds. The summed E-state index contributed by atoms with van der Waals surface area (Å²) in [4.78, 5) is 26.7. The Bertz CT molecular complexity index is 948. The second-order valence-electron chi connectivity index (χ2n) is 6.12. The second-order valence-corrected chi connectivity index (χ2v) is 6.12. The van der Waals surface area contributed by atoms with Gasteiger partial charge in [0.15, 0.2) is 6.10 Å². The molecule has 3 aromatic rings. The van der Waals surface area contributed by atoms with Gasteiger partial charge in [-0.3, -0.25) is 4.79 Å². The number of carbonyl (C=O) groups is 2. The average molecular weight is 367 g/mol. The standard InChI is InChI=1S/C21H21NO5/c1-14(20(23)22(2)15-9-5-4-6-10-15)26-21(24)19-17(13-25-3)16-11-7-8-12-18(16)27-19/h4-12,14H,13H2,1-3H3/t14-/m0/s1. The second kappa shape index (κ2) is 8.05. The molecule has 2 aromatic carbocycles. The number of methoxy groups -OCH3 is 1. The molecule has 3 rings (SSSR count). The largest absolute Gasteiger partial charge is 0.449 e. The molecule has 0 bridgehead atoms. The minimum Gasteiger partial charge on any atom is -0.449 e. The minimum absolute atomic E-state index is 0.0556. The van der Waals surface area contributed by atoms with E-state index in [9.17, 15) is 9.59 Å². The zero-order valence-corrected chi connectivity index (χ0v) is 15.5. The third-order valence-corrected chi connectivity index (χ3v) is 4.28. The van der Waals surface area contributed by atoms with E-state index < -0.39 is 12.1 Å². The lowest BCUT2D eigenvalue weighted by Crippen LogP contribution is -2.37. The molecule has 6 nitrogen and oxygen atoms in total. The number of nitrogens with zero attached hydrogens (tertiary/aromatic N) is 1. The molecule has 0 radical (unpaired) electrons. The van der Waals surface area contributed by atoms with Crippen molar-refractivity contribution in [3.63, 3.8) is 0 Å². The van der Waals surface area contributed by atoms with Crippen LogP contribution in [0, 0.1) is 0 Å². The van der Waals surface area contributed by atoms with Crippen LogP contribution in [0.5, 0.6) is 0 Å². The topological polar surface area (TPSA) is 69.0 Å². The number of ether oxygens (including phenoxy) is 2. The van der Waals surface area contributed by atoms with Gasteiger partial charge in [-0.05, 0) is 25.1 Å². The molecule has 0 unspecified atom stereocenters. The number of rotatable bonds is 6. The summed E-state index contributed by atoms with van der Waals surface area (Å²) in [5.41, 5.74) is 1.89. The highest BCUT2D eigenvalue weighted by molar-refractivity contribution is 6.00. The Labute approximate surface area is 157 Å². The molecule has 1 aromatic heterocycles. The molecular weight excluding hydrogens is 346 g/mol. The number of likely N-dealkylation sites (N-methyl/N-ethyl adjacent to an activating group) is 1. The molecule has 0 saturated carbocycles. The summed E-state index contributed by atoms with van der Waals surface area (Å²) in [6, 6.07) is 16.4. The van der Waals surface area contributed by atoms with E-state index >= 15 is 0 Å². The summed E-state index contributed by atoms with van der Waals surface area (Å²) in [6.07, 6.45) is -0.966. The Kier molecular flexibility index (Phi) is 5.57. The highest BCUT2D eigenvalue weighted by atomic mass is 16.6. The lowest BCUT2D eigenvalue weighted by molar-refractivity contribution is -0.126. The van der Waals surface area contributed by atoms with Crippen molar-refractivity contribution in [1.29, 1.82) is 0 Å². The summed E-state index contributed by atoms with van der Waals surface area (Å²) in [5, 5.41) is 0.784. The molecule has 1 atom stereocenters. The van der Waals surface area contributed by atoms with E-state index in [0.29, 0.717) is 16.8 Å². The van der Waals surface area contributed by atoms with Gasteiger partial charge in [0, 0.05) is 30.8 Å². The van der Waals surface area contributed by atoms with Crippen molar-refractivity contribution in [3.8, 4) is 0 Å². The predicted octanol–water partition coefficient (Wildman–Crippen LogP) is 3.79. The highest BCUT2D eigenvalue weighted by Gasteiger charge is 2.27. The Morgan fingerprint density at radius 2 is 1.74 bits per heavy atom. The Morgan fingerprint density at radius 3 is 2.44 bits per heavy atom. The summed E-state index contributed by atoms with van der Waals surface area (Å²) in [5.74, 6) is -0.973. The molecule has 0 aliphatic carbocycles. The van der Waals surface area contributed by atoms with Crippen LogP contribution in [0.1, 0.15) is 23.0 Å². The fourth-order valence-electron chi connectivity index (χ4n) is 2.87. The summed E-state index contributed by atoms with van der Waals surface area (Å²) >= 11 is 0. The van der Waals surface area contributed by atoms with Crippen LogP contribution < -0.4 is 4.90 Å². The van der Waals surface area contributed by atoms with Crippen LogP contribution >= 0.6 is 0 Å². The smallest absolute Gasteiger partial charge is 0.375 e. The number of furan rings is 1. The van der Waals surface area contributed by atoms with E-state index in [1.807, 2.05) is 48.5 Å². The molecule has 0 aliphatic rings. The monoisotopic (exact) mass is 367 g/mol. The summed E-state index contributed by atoms with van der Waals surface area (Å²) < 4.78 is 16.2. The third kappa shape index (κ3) is 3.85. The summed E-state index contributed by atoms with van der Waals surface area (Å²) in [6.45, 7) is 1.74. The maximum absolute atomic E-state index is 12.6. The first-order valence-corrected chi connectivity index (χ1v) is 8.56. The Balaban J connectivity index is 1.79. The van der Waals surface area contributed by atoms with E-state index in [1.165, 1.54) is 12.0 Å². The molecule has 6 heteroatoms. The van der Waals surface area contributed by atoms with Crippen LogP contribution in [0.25, 0.3) is 11.0 Å².